The molecule has 160 valence electrons. The van der Waals surface area contributed by atoms with Crippen molar-refractivity contribution in [3.05, 3.63) is 64.9 Å². The SMILES string of the molecule is NC(=O)OC(COc1ccc(Cl)cc1)CN1CCC(C(=O)c2ccc(F)cc2)CC1. The molecule has 0 aliphatic carbocycles. The van der Waals surface area contributed by atoms with E-state index < -0.39 is 12.2 Å². The van der Waals surface area contributed by atoms with Gasteiger partial charge in [-0.3, -0.25) is 9.69 Å². The molecular weight excluding hydrogens is 411 g/mol. The lowest BCUT2D eigenvalue weighted by Gasteiger charge is -2.33. The Labute approximate surface area is 179 Å². The van der Waals surface area contributed by atoms with Gasteiger partial charge in [0.15, 0.2) is 11.9 Å². The fourth-order valence-electron chi connectivity index (χ4n) is 3.52. The number of carbonyl (C=O) groups excluding carboxylic acids is 2. The smallest absolute Gasteiger partial charge is 0.404 e. The lowest BCUT2D eigenvalue weighted by atomic mass is 9.89. The molecule has 0 spiro atoms. The van der Waals surface area contributed by atoms with Gasteiger partial charge in [-0.1, -0.05) is 11.6 Å². The number of amides is 1. The molecule has 1 heterocycles. The minimum absolute atomic E-state index is 0.0330. The van der Waals surface area contributed by atoms with E-state index >= 15 is 0 Å². The van der Waals surface area contributed by atoms with E-state index in [1.54, 1.807) is 24.3 Å². The summed E-state index contributed by atoms with van der Waals surface area (Å²) in [6.07, 6.45) is -0.0432. The zero-order valence-corrected chi connectivity index (χ0v) is 17.2. The minimum atomic E-state index is -0.860. The topological polar surface area (TPSA) is 81.9 Å². The van der Waals surface area contributed by atoms with Crippen molar-refractivity contribution >= 4 is 23.5 Å². The van der Waals surface area contributed by atoms with Crippen LogP contribution in [-0.2, 0) is 4.74 Å². The highest BCUT2D eigenvalue weighted by atomic mass is 35.5. The van der Waals surface area contributed by atoms with Gasteiger partial charge in [0, 0.05) is 23.0 Å². The van der Waals surface area contributed by atoms with E-state index in [0.717, 1.165) is 0 Å². The first-order valence-electron chi connectivity index (χ1n) is 9.77. The van der Waals surface area contributed by atoms with E-state index in [2.05, 4.69) is 4.90 Å². The van der Waals surface area contributed by atoms with Crippen LogP contribution in [0.1, 0.15) is 23.2 Å². The molecule has 1 atom stereocenters. The van der Waals surface area contributed by atoms with Gasteiger partial charge in [0.1, 0.15) is 18.2 Å². The molecule has 8 heteroatoms. The lowest BCUT2D eigenvalue weighted by molar-refractivity contribution is 0.0363. The van der Waals surface area contributed by atoms with E-state index in [4.69, 9.17) is 26.8 Å². The summed E-state index contributed by atoms with van der Waals surface area (Å²) in [4.78, 5) is 26.0. The van der Waals surface area contributed by atoms with Gasteiger partial charge >= 0.3 is 6.09 Å². The van der Waals surface area contributed by atoms with Crippen molar-refractivity contribution in [1.82, 2.24) is 4.90 Å². The summed E-state index contributed by atoms with van der Waals surface area (Å²) in [6.45, 7) is 1.96. The Kier molecular flexibility index (Phi) is 7.65. The first-order valence-corrected chi connectivity index (χ1v) is 10.1. The molecule has 1 aliphatic rings. The van der Waals surface area contributed by atoms with Gasteiger partial charge in [0.2, 0.25) is 0 Å². The highest BCUT2D eigenvalue weighted by molar-refractivity contribution is 6.30. The van der Waals surface area contributed by atoms with E-state index in [-0.39, 0.29) is 24.1 Å². The average Bonchev–Trinajstić information content (AvgIpc) is 2.73. The van der Waals surface area contributed by atoms with Gasteiger partial charge in [-0.2, -0.15) is 0 Å². The molecule has 1 aliphatic heterocycles. The van der Waals surface area contributed by atoms with Gasteiger partial charge in [-0.25, -0.2) is 9.18 Å². The molecule has 2 N–H and O–H groups in total. The Hall–Kier alpha value is -2.64. The number of benzene rings is 2. The quantitative estimate of drug-likeness (QED) is 0.637. The van der Waals surface area contributed by atoms with Crippen LogP contribution in [-0.4, -0.2) is 49.1 Å². The van der Waals surface area contributed by atoms with Gasteiger partial charge in [-0.05, 0) is 74.5 Å². The summed E-state index contributed by atoms with van der Waals surface area (Å²) >= 11 is 5.86. The first-order chi connectivity index (χ1) is 14.4. The van der Waals surface area contributed by atoms with Gasteiger partial charge < -0.3 is 15.2 Å². The summed E-state index contributed by atoms with van der Waals surface area (Å²) in [5.41, 5.74) is 5.73. The number of piperidine rings is 1. The summed E-state index contributed by atoms with van der Waals surface area (Å²) in [5.74, 6) is 0.182. The fourth-order valence-corrected chi connectivity index (χ4v) is 3.65. The number of hydrogen-bond donors (Lipinski definition) is 1. The van der Waals surface area contributed by atoms with E-state index in [0.29, 0.717) is 48.8 Å². The number of nitrogens with zero attached hydrogens (tertiary/aromatic N) is 1. The molecule has 1 fully saturated rings. The zero-order valence-electron chi connectivity index (χ0n) is 16.4. The van der Waals surface area contributed by atoms with Crippen LogP contribution in [0.25, 0.3) is 0 Å². The second kappa shape index (κ2) is 10.4. The predicted molar refractivity (Wildman–Crippen MR) is 111 cm³/mol. The standard InChI is InChI=1S/C22H24ClFN2O4/c23-17-3-7-19(8-4-17)29-14-20(30-22(25)28)13-26-11-9-16(10-12-26)21(27)15-1-5-18(24)6-2-15/h1-8,16,20H,9-14H2,(H2,25,28). The summed E-state index contributed by atoms with van der Waals surface area (Å²) in [7, 11) is 0. The van der Waals surface area contributed by atoms with Crippen LogP contribution >= 0.6 is 11.6 Å². The molecule has 3 rings (SSSR count). The van der Waals surface area contributed by atoms with Crippen molar-refractivity contribution in [3.8, 4) is 5.75 Å². The van der Waals surface area contributed by atoms with Gasteiger partial charge in [0.25, 0.3) is 0 Å². The molecule has 2 aromatic rings. The van der Waals surface area contributed by atoms with Gasteiger partial charge in [-0.15, -0.1) is 0 Å². The predicted octanol–water partition coefficient (Wildman–Crippen LogP) is 3.92. The number of halogens is 2. The number of carbonyl (C=O) groups is 2. The van der Waals surface area contributed by atoms with E-state index in [9.17, 15) is 14.0 Å². The van der Waals surface area contributed by atoms with Crippen LogP contribution in [0.4, 0.5) is 9.18 Å². The summed E-state index contributed by atoms with van der Waals surface area (Å²) in [6, 6.07) is 12.5. The van der Waals surface area contributed by atoms with Crippen molar-refractivity contribution in [3.63, 3.8) is 0 Å². The average molecular weight is 435 g/mol. The molecule has 1 unspecified atom stereocenters. The fraction of sp³-hybridized carbons (Fsp3) is 0.364. The molecule has 1 saturated heterocycles. The number of Topliss-reactive ketones (excluding diaryl/α,β-unsaturated/α-hetero) is 1. The van der Waals surface area contributed by atoms with Crippen LogP contribution in [0.2, 0.25) is 5.02 Å². The molecule has 0 aromatic heterocycles. The number of hydrogen-bond acceptors (Lipinski definition) is 5. The second-order valence-electron chi connectivity index (χ2n) is 7.27. The summed E-state index contributed by atoms with van der Waals surface area (Å²) in [5, 5.41) is 0.602. The van der Waals surface area contributed by atoms with Crippen molar-refractivity contribution < 1.29 is 23.5 Å². The molecule has 30 heavy (non-hydrogen) atoms. The van der Waals surface area contributed by atoms with Gasteiger partial charge in [0.05, 0.1) is 0 Å². The Bertz CT molecular complexity index is 852. The lowest BCUT2D eigenvalue weighted by Crippen LogP contribution is -2.44. The van der Waals surface area contributed by atoms with Crippen molar-refractivity contribution in [1.29, 1.82) is 0 Å². The highest BCUT2D eigenvalue weighted by Gasteiger charge is 2.28. The monoisotopic (exact) mass is 434 g/mol. The van der Waals surface area contributed by atoms with E-state index in [1.807, 2.05) is 0 Å². The van der Waals surface area contributed by atoms with Crippen molar-refractivity contribution in [2.24, 2.45) is 11.7 Å². The Morgan fingerprint density at radius 1 is 1.10 bits per heavy atom. The van der Waals surface area contributed by atoms with Crippen LogP contribution in [0, 0.1) is 11.7 Å². The normalized spacial score (nSPS) is 16.1. The molecule has 0 bridgehead atoms. The molecule has 2 aromatic carbocycles. The maximum Gasteiger partial charge on any atom is 0.404 e. The number of likely N-dealkylation sites (tertiary alicyclic amines) is 1. The number of rotatable bonds is 8. The van der Waals surface area contributed by atoms with Crippen molar-refractivity contribution in [2.75, 3.05) is 26.2 Å². The second-order valence-corrected chi connectivity index (χ2v) is 7.71. The molecule has 0 saturated carbocycles. The minimum Gasteiger partial charge on any atom is -0.490 e. The Morgan fingerprint density at radius 3 is 2.33 bits per heavy atom. The number of ketones is 1. The maximum absolute atomic E-state index is 13.1. The van der Waals surface area contributed by atoms with Crippen LogP contribution in [0.15, 0.2) is 48.5 Å². The third kappa shape index (κ3) is 6.43. The van der Waals surface area contributed by atoms with Crippen LogP contribution in [0.3, 0.4) is 0 Å². The molecule has 0 radical (unpaired) electrons. The first kappa shape index (κ1) is 22.1. The van der Waals surface area contributed by atoms with Crippen molar-refractivity contribution in [2.45, 2.75) is 18.9 Å². The third-order valence-corrected chi connectivity index (χ3v) is 5.33. The molecular formula is C22H24ClFN2O4. The number of ether oxygens (including phenoxy) is 2. The van der Waals surface area contributed by atoms with Crippen LogP contribution in [0.5, 0.6) is 5.75 Å². The molecule has 1 amide bonds. The zero-order chi connectivity index (χ0) is 21.5. The maximum atomic E-state index is 13.1. The van der Waals surface area contributed by atoms with Crippen LogP contribution < -0.4 is 10.5 Å². The highest BCUT2D eigenvalue weighted by Crippen LogP contribution is 2.23. The molecule has 6 nitrogen and oxygen atoms in total. The summed E-state index contributed by atoms with van der Waals surface area (Å²) < 4.78 is 24.0. The Balaban J connectivity index is 1.50. The largest absolute Gasteiger partial charge is 0.490 e. The number of primary amides is 1. The van der Waals surface area contributed by atoms with E-state index in [1.165, 1.54) is 24.3 Å². The third-order valence-electron chi connectivity index (χ3n) is 5.08. The number of nitrogens with two attached hydrogens (primary N) is 1. The Morgan fingerprint density at radius 2 is 1.73 bits per heavy atom.